The van der Waals surface area contributed by atoms with Crippen molar-refractivity contribution in [3.05, 3.63) is 35.3 Å². The SMILES string of the molecule is CCOc1cc(C(=O)Nc2nccs2)ccc1OCC(C)C. The van der Waals surface area contributed by atoms with Gasteiger partial charge in [-0.2, -0.15) is 0 Å². The van der Waals surface area contributed by atoms with Gasteiger partial charge in [-0.25, -0.2) is 4.98 Å². The van der Waals surface area contributed by atoms with Gasteiger partial charge in [0.15, 0.2) is 16.6 Å². The number of hydrogen-bond acceptors (Lipinski definition) is 5. The third-order valence-electron chi connectivity index (χ3n) is 2.73. The van der Waals surface area contributed by atoms with E-state index in [1.807, 2.05) is 12.3 Å². The molecule has 0 fully saturated rings. The molecule has 1 amide bonds. The standard InChI is InChI=1S/C16H20N2O3S/c1-4-20-14-9-12(5-6-13(14)21-10-11(2)3)15(19)18-16-17-7-8-22-16/h5-9,11H,4,10H2,1-3H3,(H,17,18,19). The largest absolute Gasteiger partial charge is 0.490 e. The quantitative estimate of drug-likeness (QED) is 0.842. The molecule has 0 aliphatic heterocycles. The Hall–Kier alpha value is -2.08. The van der Waals surface area contributed by atoms with Crippen molar-refractivity contribution in [2.24, 2.45) is 5.92 Å². The van der Waals surface area contributed by atoms with E-state index in [0.717, 1.165) is 0 Å². The first-order chi connectivity index (χ1) is 10.6. The van der Waals surface area contributed by atoms with Crippen molar-refractivity contribution in [3.63, 3.8) is 0 Å². The number of carbonyl (C=O) groups is 1. The summed E-state index contributed by atoms with van der Waals surface area (Å²) in [5.74, 6) is 1.44. The van der Waals surface area contributed by atoms with Gasteiger partial charge in [-0.3, -0.25) is 10.1 Å². The summed E-state index contributed by atoms with van der Waals surface area (Å²) in [5, 5.41) is 5.13. The maximum atomic E-state index is 12.2. The number of anilines is 1. The summed E-state index contributed by atoms with van der Waals surface area (Å²) in [5.41, 5.74) is 0.510. The van der Waals surface area contributed by atoms with Gasteiger partial charge >= 0.3 is 0 Å². The van der Waals surface area contributed by atoms with Crippen LogP contribution in [0, 0.1) is 5.92 Å². The molecule has 5 nitrogen and oxygen atoms in total. The lowest BCUT2D eigenvalue weighted by Crippen LogP contribution is -2.12. The number of carbonyl (C=O) groups excluding carboxylic acids is 1. The van der Waals surface area contributed by atoms with Crippen molar-refractivity contribution in [2.75, 3.05) is 18.5 Å². The van der Waals surface area contributed by atoms with E-state index in [2.05, 4.69) is 24.1 Å². The fourth-order valence-corrected chi connectivity index (χ4v) is 2.27. The summed E-state index contributed by atoms with van der Waals surface area (Å²) in [7, 11) is 0. The number of benzene rings is 1. The average molecular weight is 320 g/mol. The van der Waals surface area contributed by atoms with Crippen molar-refractivity contribution >= 4 is 22.4 Å². The van der Waals surface area contributed by atoms with E-state index in [4.69, 9.17) is 9.47 Å². The van der Waals surface area contributed by atoms with Gasteiger partial charge in [-0.15, -0.1) is 11.3 Å². The second kappa shape index (κ2) is 7.79. The van der Waals surface area contributed by atoms with Gasteiger partial charge in [-0.1, -0.05) is 13.8 Å². The zero-order chi connectivity index (χ0) is 15.9. The van der Waals surface area contributed by atoms with E-state index in [0.29, 0.717) is 41.3 Å². The zero-order valence-electron chi connectivity index (χ0n) is 13.0. The smallest absolute Gasteiger partial charge is 0.257 e. The number of rotatable bonds is 7. The van der Waals surface area contributed by atoms with Gasteiger partial charge in [0.1, 0.15) is 0 Å². The second-order valence-corrected chi connectivity index (χ2v) is 5.99. The Labute approximate surface area is 134 Å². The highest BCUT2D eigenvalue weighted by Crippen LogP contribution is 2.29. The van der Waals surface area contributed by atoms with Crippen LogP contribution in [0.1, 0.15) is 31.1 Å². The Balaban J connectivity index is 2.15. The molecule has 2 aromatic rings. The fraction of sp³-hybridized carbons (Fsp3) is 0.375. The number of thiazole rings is 1. The summed E-state index contributed by atoms with van der Waals surface area (Å²) in [6.45, 7) is 7.17. The van der Waals surface area contributed by atoms with Crippen LogP contribution in [0.4, 0.5) is 5.13 Å². The molecule has 22 heavy (non-hydrogen) atoms. The van der Waals surface area contributed by atoms with Crippen LogP contribution in [0.2, 0.25) is 0 Å². The van der Waals surface area contributed by atoms with Crippen molar-refractivity contribution in [2.45, 2.75) is 20.8 Å². The van der Waals surface area contributed by atoms with Crippen LogP contribution in [0.5, 0.6) is 11.5 Å². The van der Waals surface area contributed by atoms with Crippen LogP contribution in [-0.4, -0.2) is 24.1 Å². The summed E-state index contributed by atoms with van der Waals surface area (Å²) in [6, 6.07) is 5.19. The van der Waals surface area contributed by atoms with E-state index in [-0.39, 0.29) is 5.91 Å². The second-order valence-electron chi connectivity index (χ2n) is 5.09. The molecule has 1 heterocycles. The Kier molecular flexibility index (Phi) is 5.77. The fourth-order valence-electron chi connectivity index (χ4n) is 1.75. The van der Waals surface area contributed by atoms with Gasteiger partial charge in [0.05, 0.1) is 13.2 Å². The van der Waals surface area contributed by atoms with Crippen molar-refractivity contribution in [1.82, 2.24) is 4.98 Å². The number of nitrogens with one attached hydrogen (secondary N) is 1. The zero-order valence-corrected chi connectivity index (χ0v) is 13.8. The summed E-state index contributed by atoms with van der Waals surface area (Å²) in [4.78, 5) is 16.2. The van der Waals surface area contributed by atoms with Gasteiger partial charge in [0, 0.05) is 17.1 Å². The minimum Gasteiger partial charge on any atom is -0.490 e. The van der Waals surface area contributed by atoms with Crippen LogP contribution >= 0.6 is 11.3 Å². The summed E-state index contributed by atoms with van der Waals surface area (Å²) < 4.78 is 11.3. The molecule has 0 spiro atoms. The predicted octanol–water partition coefficient (Wildman–Crippen LogP) is 3.83. The van der Waals surface area contributed by atoms with Crippen LogP contribution in [0.15, 0.2) is 29.8 Å². The first-order valence-corrected chi connectivity index (χ1v) is 8.08. The molecule has 0 bridgehead atoms. The maximum absolute atomic E-state index is 12.2. The Morgan fingerprint density at radius 1 is 1.32 bits per heavy atom. The number of hydrogen-bond donors (Lipinski definition) is 1. The lowest BCUT2D eigenvalue weighted by Gasteiger charge is -2.14. The Morgan fingerprint density at radius 2 is 2.14 bits per heavy atom. The first kappa shape index (κ1) is 16.3. The molecule has 0 unspecified atom stereocenters. The van der Waals surface area contributed by atoms with E-state index in [1.54, 1.807) is 24.4 Å². The van der Waals surface area contributed by atoms with Crippen LogP contribution in [0.3, 0.4) is 0 Å². The van der Waals surface area contributed by atoms with Crippen molar-refractivity contribution in [1.29, 1.82) is 0 Å². The summed E-state index contributed by atoms with van der Waals surface area (Å²) in [6.07, 6.45) is 1.65. The van der Waals surface area contributed by atoms with Gasteiger partial charge < -0.3 is 9.47 Å². The van der Waals surface area contributed by atoms with Gasteiger partial charge in [0.2, 0.25) is 0 Å². The molecule has 0 aliphatic rings. The minimum absolute atomic E-state index is 0.216. The minimum atomic E-state index is -0.216. The molecule has 0 saturated carbocycles. The van der Waals surface area contributed by atoms with Crippen LogP contribution < -0.4 is 14.8 Å². The van der Waals surface area contributed by atoms with Crippen molar-refractivity contribution < 1.29 is 14.3 Å². The molecular weight excluding hydrogens is 300 g/mol. The molecule has 1 N–H and O–H groups in total. The molecule has 0 atom stereocenters. The third-order valence-corrected chi connectivity index (χ3v) is 3.42. The number of amides is 1. The van der Waals surface area contributed by atoms with E-state index < -0.39 is 0 Å². The topological polar surface area (TPSA) is 60.5 Å². The predicted molar refractivity (Wildman–Crippen MR) is 88.0 cm³/mol. The number of aromatic nitrogens is 1. The number of ether oxygens (including phenoxy) is 2. The molecule has 118 valence electrons. The molecule has 1 aromatic carbocycles. The van der Waals surface area contributed by atoms with E-state index >= 15 is 0 Å². The Bertz CT molecular complexity index is 612. The molecular formula is C16H20N2O3S. The molecule has 0 radical (unpaired) electrons. The van der Waals surface area contributed by atoms with Gasteiger partial charge in [0.25, 0.3) is 5.91 Å². The highest BCUT2D eigenvalue weighted by atomic mass is 32.1. The lowest BCUT2D eigenvalue weighted by molar-refractivity contribution is 0.102. The number of nitrogens with zero attached hydrogens (tertiary/aromatic N) is 1. The highest BCUT2D eigenvalue weighted by molar-refractivity contribution is 7.13. The lowest BCUT2D eigenvalue weighted by atomic mass is 10.2. The van der Waals surface area contributed by atoms with E-state index in [1.165, 1.54) is 11.3 Å². The summed E-state index contributed by atoms with van der Waals surface area (Å²) >= 11 is 1.38. The van der Waals surface area contributed by atoms with Crippen LogP contribution in [0.25, 0.3) is 0 Å². The first-order valence-electron chi connectivity index (χ1n) is 7.20. The van der Waals surface area contributed by atoms with Crippen molar-refractivity contribution in [3.8, 4) is 11.5 Å². The monoisotopic (exact) mass is 320 g/mol. The molecule has 1 aromatic heterocycles. The molecule has 6 heteroatoms. The maximum Gasteiger partial charge on any atom is 0.257 e. The third kappa shape index (κ3) is 4.46. The van der Waals surface area contributed by atoms with Gasteiger partial charge in [-0.05, 0) is 31.0 Å². The normalized spacial score (nSPS) is 10.5. The van der Waals surface area contributed by atoms with E-state index in [9.17, 15) is 4.79 Å². The average Bonchev–Trinajstić information content (AvgIpc) is 2.99. The highest BCUT2D eigenvalue weighted by Gasteiger charge is 2.13. The molecule has 0 aliphatic carbocycles. The van der Waals surface area contributed by atoms with Crippen LogP contribution in [-0.2, 0) is 0 Å². The Morgan fingerprint density at radius 3 is 2.77 bits per heavy atom. The molecule has 0 saturated heterocycles. The molecule has 2 rings (SSSR count).